The average molecular weight is 303 g/mol. The first kappa shape index (κ1) is 14.3. The third-order valence-corrected chi connectivity index (χ3v) is 5.27. The van der Waals surface area contributed by atoms with Gasteiger partial charge < -0.3 is 19.5 Å². The van der Waals surface area contributed by atoms with Gasteiger partial charge >= 0.3 is 0 Å². The van der Waals surface area contributed by atoms with Crippen LogP contribution >= 0.6 is 0 Å². The Morgan fingerprint density at radius 3 is 2.95 bits per heavy atom. The fourth-order valence-electron chi connectivity index (χ4n) is 3.89. The number of nitrogens with one attached hydrogen (secondary N) is 1. The Kier molecular flexibility index (Phi) is 3.70. The lowest BCUT2D eigenvalue weighted by Gasteiger charge is -2.19. The molecule has 0 aromatic carbocycles. The second kappa shape index (κ2) is 5.70. The lowest BCUT2D eigenvalue weighted by atomic mass is 10.0. The number of carbonyl (C=O) groups excluding carboxylic acids is 1. The Bertz CT molecular complexity index is 538. The second-order valence-corrected chi connectivity index (χ2v) is 7.17. The number of rotatable bonds is 5. The predicted molar refractivity (Wildman–Crippen MR) is 83.7 cm³/mol. The number of fused-ring (bicyclic) bond motifs is 1. The van der Waals surface area contributed by atoms with E-state index < -0.39 is 0 Å². The topological polar surface area (TPSA) is 46.5 Å². The molecule has 1 aromatic rings. The van der Waals surface area contributed by atoms with Crippen LogP contribution < -0.4 is 5.32 Å². The van der Waals surface area contributed by atoms with Gasteiger partial charge in [-0.1, -0.05) is 0 Å². The molecule has 3 heterocycles. The average Bonchev–Trinajstić information content (AvgIpc) is 2.88. The molecule has 22 heavy (non-hydrogen) atoms. The van der Waals surface area contributed by atoms with Crippen molar-refractivity contribution < 1.29 is 9.53 Å². The summed E-state index contributed by atoms with van der Waals surface area (Å²) in [7, 11) is 1.89. The van der Waals surface area contributed by atoms with Gasteiger partial charge in [0.05, 0.1) is 12.2 Å². The first-order valence-electron chi connectivity index (χ1n) is 8.46. The molecular formula is C17H25N3O2. The molecule has 3 aliphatic rings. The summed E-state index contributed by atoms with van der Waals surface area (Å²) >= 11 is 0. The van der Waals surface area contributed by atoms with Gasteiger partial charge in [-0.25, -0.2) is 0 Å². The molecule has 5 nitrogen and oxygen atoms in total. The maximum Gasteiger partial charge on any atom is 0.267 e. The molecular weight excluding hydrogens is 278 g/mol. The van der Waals surface area contributed by atoms with Crippen molar-refractivity contribution >= 4 is 5.91 Å². The Hall–Kier alpha value is -1.33. The summed E-state index contributed by atoms with van der Waals surface area (Å²) < 4.78 is 7.99. The molecule has 2 aliphatic heterocycles. The fourth-order valence-corrected chi connectivity index (χ4v) is 3.89. The molecule has 5 heteroatoms. The SMILES string of the molecule is Cn1cccc1C(=O)NC[C@@H]1C[C@H]2CN(CC3CC3)C[C@H]2O1. The molecule has 4 rings (SSSR count). The van der Waals surface area contributed by atoms with Gasteiger partial charge in [-0.15, -0.1) is 0 Å². The minimum absolute atomic E-state index is 0.0106. The highest BCUT2D eigenvalue weighted by Gasteiger charge is 2.42. The van der Waals surface area contributed by atoms with Gasteiger partial charge in [-0.3, -0.25) is 4.79 Å². The van der Waals surface area contributed by atoms with Crippen LogP contribution in [0.15, 0.2) is 18.3 Å². The van der Waals surface area contributed by atoms with E-state index in [4.69, 9.17) is 4.74 Å². The molecule has 1 N–H and O–H groups in total. The maximum absolute atomic E-state index is 12.1. The van der Waals surface area contributed by atoms with Crippen LogP contribution in [-0.4, -0.2) is 53.8 Å². The molecule has 0 unspecified atom stereocenters. The summed E-state index contributed by atoms with van der Waals surface area (Å²) in [5.41, 5.74) is 0.703. The standard InChI is InChI=1S/C17H25N3O2/c1-19-6-2-3-15(19)17(21)18-8-14-7-13-10-20(9-12-4-5-12)11-16(13)22-14/h2-3,6,12-14,16H,4-5,7-11H2,1H3,(H,18,21)/t13-,14-,16+/m0/s1. The van der Waals surface area contributed by atoms with Crippen molar-refractivity contribution in [2.24, 2.45) is 18.9 Å². The molecule has 1 aromatic heterocycles. The number of carbonyl (C=O) groups is 1. The number of ether oxygens (including phenoxy) is 1. The van der Waals surface area contributed by atoms with E-state index >= 15 is 0 Å². The van der Waals surface area contributed by atoms with E-state index in [2.05, 4.69) is 10.2 Å². The van der Waals surface area contributed by atoms with Crippen LogP contribution in [0, 0.1) is 11.8 Å². The van der Waals surface area contributed by atoms with Gasteiger partial charge in [0.2, 0.25) is 0 Å². The first-order chi connectivity index (χ1) is 10.7. The number of hydrogen-bond acceptors (Lipinski definition) is 3. The molecule has 0 spiro atoms. The van der Waals surface area contributed by atoms with E-state index in [1.54, 1.807) is 0 Å². The van der Waals surface area contributed by atoms with Crippen LogP contribution in [0.4, 0.5) is 0 Å². The molecule has 120 valence electrons. The summed E-state index contributed by atoms with van der Waals surface area (Å²) in [6.45, 7) is 4.16. The van der Waals surface area contributed by atoms with Crippen LogP contribution in [0.1, 0.15) is 29.8 Å². The smallest absolute Gasteiger partial charge is 0.267 e. The largest absolute Gasteiger partial charge is 0.371 e. The Balaban J connectivity index is 1.23. The van der Waals surface area contributed by atoms with Gasteiger partial charge in [0.1, 0.15) is 5.69 Å². The number of hydrogen-bond donors (Lipinski definition) is 1. The van der Waals surface area contributed by atoms with Crippen molar-refractivity contribution in [3.63, 3.8) is 0 Å². The van der Waals surface area contributed by atoms with Crippen molar-refractivity contribution in [3.8, 4) is 0 Å². The number of aromatic nitrogens is 1. The maximum atomic E-state index is 12.1. The minimum Gasteiger partial charge on any atom is -0.371 e. The van der Waals surface area contributed by atoms with Crippen molar-refractivity contribution in [3.05, 3.63) is 24.0 Å². The number of likely N-dealkylation sites (tertiary alicyclic amines) is 1. The van der Waals surface area contributed by atoms with Crippen LogP contribution in [0.5, 0.6) is 0 Å². The summed E-state index contributed by atoms with van der Waals surface area (Å²) in [5.74, 6) is 1.61. The molecule has 3 fully saturated rings. The minimum atomic E-state index is -0.0106. The first-order valence-corrected chi connectivity index (χ1v) is 8.46. The van der Waals surface area contributed by atoms with E-state index in [9.17, 15) is 4.79 Å². The highest BCUT2D eigenvalue weighted by molar-refractivity contribution is 5.92. The predicted octanol–water partition coefficient (Wildman–Crippen LogP) is 1.25. The molecule has 1 saturated carbocycles. The molecule has 1 aliphatic carbocycles. The van der Waals surface area contributed by atoms with Crippen LogP contribution in [-0.2, 0) is 11.8 Å². The Morgan fingerprint density at radius 1 is 1.41 bits per heavy atom. The van der Waals surface area contributed by atoms with Crippen molar-refractivity contribution in [1.82, 2.24) is 14.8 Å². The van der Waals surface area contributed by atoms with Gasteiger partial charge in [0.25, 0.3) is 5.91 Å². The monoisotopic (exact) mass is 303 g/mol. The molecule has 1 amide bonds. The van der Waals surface area contributed by atoms with Gasteiger partial charge in [0.15, 0.2) is 0 Å². The normalized spacial score (nSPS) is 31.4. The van der Waals surface area contributed by atoms with E-state index in [1.807, 2.05) is 29.9 Å². The number of aryl methyl sites for hydroxylation is 1. The number of nitrogens with zero attached hydrogens (tertiary/aromatic N) is 2. The molecule has 0 radical (unpaired) electrons. The molecule has 3 atom stereocenters. The number of amides is 1. The Labute approximate surface area is 131 Å². The van der Waals surface area contributed by atoms with Crippen LogP contribution in [0.2, 0.25) is 0 Å². The zero-order valence-corrected chi connectivity index (χ0v) is 13.2. The van der Waals surface area contributed by atoms with Crippen molar-refractivity contribution in [2.45, 2.75) is 31.5 Å². The highest BCUT2D eigenvalue weighted by atomic mass is 16.5. The van der Waals surface area contributed by atoms with Crippen molar-refractivity contribution in [2.75, 3.05) is 26.2 Å². The third-order valence-electron chi connectivity index (χ3n) is 5.27. The van der Waals surface area contributed by atoms with Crippen molar-refractivity contribution in [1.29, 1.82) is 0 Å². The van der Waals surface area contributed by atoms with E-state index in [0.29, 0.717) is 24.3 Å². The van der Waals surface area contributed by atoms with E-state index in [1.165, 1.54) is 25.9 Å². The summed E-state index contributed by atoms with van der Waals surface area (Å²) in [6.07, 6.45) is 6.37. The van der Waals surface area contributed by atoms with E-state index in [-0.39, 0.29) is 12.0 Å². The van der Waals surface area contributed by atoms with Gasteiger partial charge in [0, 0.05) is 45.3 Å². The zero-order chi connectivity index (χ0) is 15.1. The quantitative estimate of drug-likeness (QED) is 0.890. The van der Waals surface area contributed by atoms with E-state index in [0.717, 1.165) is 18.9 Å². The fraction of sp³-hybridized carbons (Fsp3) is 0.706. The van der Waals surface area contributed by atoms with Crippen LogP contribution in [0.3, 0.4) is 0 Å². The molecule has 0 bridgehead atoms. The van der Waals surface area contributed by atoms with Gasteiger partial charge in [-0.2, -0.15) is 0 Å². The lowest BCUT2D eigenvalue weighted by molar-refractivity contribution is 0.0374. The van der Waals surface area contributed by atoms with Gasteiger partial charge in [-0.05, 0) is 37.3 Å². The summed E-state index contributed by atoms with van der Waals surface area (Å²) in [4.78, 5) is 14.7. The summed E-state index contributed by atoms with van der Waals surface area (Å²) in [6, 6.07) is 3.73. The highest BCUT2D eigenvalue weighted by Crippen LogP contribution is 2.36. The zero-order valence-electron chi connectivity index (χ0n) is 13.2. The van der Waals surface area contributed by atoms with Crippen LogP contribution in [0.25, 0.3) is 0 Å². The lowest BCUT2D eigenvalue weighted by Crippen LogP contribution is -2.34. The second-order valence-electron chi connectivity index (χ2n) is 7.17. The third kappa shape index (κ3) is 2.92. The summed E-state index contributed by atoms with van der Waals surface area (Å²) in [5, 5.41) is 3.01. The Morgan fingerprint density at radius 2 is 2.27 bits per heavy atom. The molecule has 2 saturated heterocycles.